The van der Waals surface area contributed by atoms with Crippen molar-refractivity contribution in [2.75, 3.05) is 0 Å². The third-order valence-electron chi connectivity index (χ3n) is 3.46. The Bertz CT molecular complexity index is 214. The minimum atomic E-state index is -0.0309. The zero-order chi connectivity index (χ0) is 9.73. The fourth-order valence-electron chi connectivity index (χ4n) is 2.40. The highest BCUT2D eigenvalue weighted by Gasteiger charge is 2.39. The second-order valence-electron chi connectivity index (χ2n) is 4.20. The van der Waals surface area contributed by atoms with Gasteiger partial charge in [-0.3, -0.25) is 0 Å². The van der Waals surface area contributed by atoms with Crippen LogP contribution in [0.1, 0.15) is 45.4 Å². The van der Waals surface area contributed by atoms with Crippen LogP contribution in [0.4, 0.5) is 0 Å². The number of hydrogen-bond donors (Lipinski definition) is 0. The summed E-state index contributed by atoms with van der Waals surface area (Å²) in [4.78, 5) is 11.1. The van der Waals surface area contributed by atoms with Gasteiger partial charge in [-0.2, -0.15) is 0 Å². The van der Waals surface area contributed by atoms with Crippen molar-refractivity contribution in [1.82, 2.24) is 0 Å². The molecule has 0 bridgehead atoms. The molecular formula is C12H18O. The summed E-state index contributed by atoms with van der Waals surface area (Å²) in [6.07, 6.45) is 12.7. The first-order chi connectivity index (χ1) is 6.25. The van der Waals surface area contributed by atoms with Crippen molar-refractivity contribution in [2.45, 2.75) is 45.4 Å². The average molecular weight is 178 g/mol. The van der Waals surface area contributed by atoms with E-state index in [1.807, 2.05) is 0 Å². The van der Waals surface area contributed by atoms with E-state index in [1.54, 1.807) is 0 Å². The Kier molecular flexibility index (Phi) is 3.54. The van der Waals surface area contributed by atoms with Crippen molar-refractivity contribution in [3.05, 3.63) is 0 Å². The van der Waals surface area contributed by atoms with Gasteiger partial charge in [-0.05, 0) is 31.6 Å². The fraction of sp³-hybridized carbons (Fsp3) is 0.750. The Hall–Kier alpha value is -0.770. The van der Waals surface area contributed by atoms with E-state index >= 15 is 0 Å². The molecule has 1 aliphatic rings. The summed E-state index contributed by atoms with van der Waals surface area (Å²) in [7, 11) is 0. The van der Waals surface area contributed by atoms with Crippen LogP contribution in [-0.4, -0.2) is 6.29 Å². The summed E-state index contributed by atoms with van der Waals surface area (Å²) in [5.41, 5.74) is -0.0309. The second kappa shape index (κ2) is 4.46. The molecule has 0 radical (unpaired) electrons. The van der Waals surface area contributed by atoms with Crippen LogP contribution in [0.5, 0.6) is 0 Å². The summed E-state index contributed by atoms with van der Waals surface area (Å²) in [6.45, 7) is 2.19. The number of carbonyl (C=O) groups is 1. The summed E-state index contributed by atoms with van der Waals surface area (Å²) >= 11 is 0. The fourth-order valence-corrected chi connectivity index (χ4v) is 2.40. The molecule has 1 heteroatoms. The smallest absolute Gasteiger partial charge is 0.126 e. The highest BCUT2D eigenvalue weighted by Crippen LogP contribution is 2.45. The van der Waals surface area contributed by atoms with Gasteiger partial charge in [-0.15, -0.1) is 12.3 Å². The Morgan fingerprint density at radius 1 is 1.69 bits per heavy atom. The molecule has 1 nitrogen and oxygen atoms in total. The predicted octanol–water partition coefficient (Wildman–Crippen LogP) is 2.80. The van der Waals surface area contributed by atoms with Gasteiger partial charge in [-0.25, -0.2) is 0 Å². The molecule has 0 aromatic rings. The summed E-state index contributed by atoms with van der Waals surface area (Å²) in [6, 6.07) is 0. The van der Waals surface area contributed by atoms with E-state index in [0.717, 1.165) is 25.7 Å². The highest BCUT2D eigenvalue weighted by molar-refractivity contribution is 5.60. The predicted molar refractivity (Wildman–Crippen MR) is 54.2 cm³/mol. The SMILES string of the molecule is C#CCCCC1(C=O)CCCC1C. The molecule has 0 amide bonds. The molecule has 2 unspecified atom stereocenters. The number of terminal acetylenes is 1. The van der Waals surface area contributed by atoms with Crippen molar-refractivity contribution in [2.24, 2.45) is 11.3 Å². The zero-order valence-electron chi connectivity index (χ0n) is 8.38. The number of hydrogen-bond acceptors (Lipinski definition) is 1. The Morgan fingerprint density at radius 3 is 2.92 bits per heavy atom. The van der Waals surface area contributed by atoms with Gasteiger partial charge in [0.15, 0.2) is 0 Å². The monoisotopic (exact) mass is 178 g/mol. The third kappa shape index (κ3) is 2.12. The molecule has 1 fully saturated rings. The van der Waals surface area contributed by atoms with Crippen molar-refractivity contribution in [1.29, 1.82) is 0 Å². The Morgan fingerprint density at radius 2 is 2.46 bits per heavy atom. The van der Waals surface area contributed by atoms with E-state index in [-0.39, 0.29) is 5.41 Å². The van der Waals surface area contributed by atoms with Crippen LogP contribution in [0.15, 0.2) is 0 Å². The maximum Gasteiger partial charge on any atom is 0.126 e. The van der Waals surface area contributed by atoms with Gasteiger partial charge in [-0.1, -0.05) is 13.3 Å². The average Bonchev–Trinajstić information content (AvgIpc) is 2.49. The van der Waals surface area contributed by atoms with E-state index in [4.69, 9.17) is 6.42 Å². The normalized spacial score (nSPS) is 32.8. The third-order valence-corrected chi connectivity index (χ3v) is 3.46. The van der Waals surface area contributed by atoms with Gasteiger partial charge in [0.05, 0.1) is 0 Å². The second-order valence-corrected chi connectivity index (χ2v) is 4.20. The summed E-state index contributed by atoms with van der Waals surface area (Å²) in [5.74, 6) is 3.19. The molecule has 1 aliphatic carbocycles. The molecule has 0 N–H and O–H groups in total. The maximum atomic E-state index is 11.1. The molecule has 0 heterocycles. The first-order valence-electron chi connectivity index (χ1n) is 5.15. The van der Waals surface area contributed by atoms with Crippen LogP contribution >= 0.6 is 0 Å². The molecule has 2 atom stereocenters. The van der Waals surface area contributed by atoms with Gasteiger partial charge in [0.1, 0.15) is 6.29 Å². The molecule has 1 saturated carbocycles. The van der Waals surface area contributed by atoms with Gasteiger partial charge in [0.2, 0.25) is 0 Å². The van der Waals surface area contributed by atoms with E-state index in [9.17, 15) is 4.79 Å². The van der Waals surface area contributed by atoms with Crippen molar-refractivity contribution >= 4 is 6.29 Å². The molecule has 13 heavy (non-hydrogen) atoms. The molecule has 0 spiro atoms. The molecule has 0 aliphatic heterocycles. The maximum absolute atomic E-state index is 11.1. The van der Waals surface area contributed by atoms with Gasteiger partial charge >= 0.3 is 0 Å². The van der Waals surface area contributed by atoms with Crippen molar-refractivity contribution in [3.63, 3.8) is 0 Å². The molecule has 72 valence electrons. The molecule has 1 rings (SSSR count). The van der Waals surface area contributed by atoms with Crippen LogP contribution in [0, 0.1) is 23.7 Å². The number of unbranched alkanes of at least 4 members (excludes halogenated alkanes) is 1. The van der Waals surface area contributed by atoms with Gasteiger partial charge < -0.3 is 4.79 Å². The molecule has 0 saturated heterocycles. The first-order valence-corrected chi connectivity index (χ1v) is 5.15. The lowest BCUT2D eigenvalue weighted by Gasteiger charge is -2.27. The first kappa shape index (κ1) is 10.3. The summed E-state index contributed by atoms with van der Waals surface area (Å²) < 4.78 is 0. The van der Waals surface area contributed by atoms with Crippen LogP contribution in [0.2, 0.25) is 0 Å². The van der Waals surface area contributed by atoms with E-state index in [2.05, 4.69) is 12.8 Å². The molecule has 0 aromatic heterocycles. The van der Waals surface area contributed by atoms with Crippen molar-refractivity contribution < 1.29 is 4.79 Å². The van der Waals surface area contributed by atoms with Crippen LogP contribution in [-0.2, 0) is 4.79 Å². The quantitative estimate of drug-likeness (QED) is 0.367. The standard InChI is InChI=1S/C12H18O/c1-3-4-5-8-12(10-13)9-6-7-11(12)2/h1,10-11H,4-9H2,2H3. The van der Waals surface area contributed by atoms with E-state index < -0.39 is 0 Å². The van der Waals surface area contributed by atoms with E-state index in [0.29, 0.717) is 5.92 Å². The van der Waals surface area contributed by atoms with Gasteiger partial charge in [0, 0.05) is 11.8 Å². The van der Waals surface area contributed by atoms with E-state index in [1.165, 1.54) is 19.1 Å². The molecular weight excluding hydrogens is 160 g/mol. The highest BCUT2D eigenvalue weighted by atomic mass is 16.1. The van der Waals surface area contributed by atoms with Crippen molar-refractivity contribution in [3.8, 4) is 12.3 Å². The number of carbonyl (C=O) groups excluding carboxylic acids is 1. The largest absolute Gasteiger partial charge is 0.303 e. The molecule has 0 aromatic carbocycles. The summed E-state index contributed by atoms with van der Waals surface area (Å²) in [5, 5.41) is 0. The van der Waals surface area contributed by atoms with Crippen LogP contribution < -0.4 is 0 Å². The lowest BCUT2D eigenvalue weighted by Crippen LogP contribution is -2.25. The Balaban J connectivity index is 2.50. The van der Waals surface area contributed by atoms with Crippen LogP contribution in [0.25, 0.3) is 0 Å². The lowest BCUT2D eigenvalue weighted by molar-refractivity contribution is -0.118. The topological polar surface area (TPSA) is 17.1 Å². The van der Waals surface area contributed by atoms with Crippen LogP contribution in [0.3, 0.4) is 0 Å². The Labute approximate surface area is 80.9 Å². The van der Waals surface area contributed by atoms with Gasteiger partial charge in [0.25, 0.3) is 0 Å². The minimum Gasteiger partial charge on any atom is -0.303 e. The number of rotatable bonds is 4. The minimum absolute atomic E-state index is 0.0309. The lowest BCUT2D eigenvalue weighted by atomic mass is 9.76. The number of aldehydes is 1. The zero-order valence-corrected chi connectivity index (χ0v) is 8.38.